The minimum absolute atomic E-state index is 0.0718. The Morgan fingerprint density at radius 2 is 2.10 bits per heavy atom. The molecular formula is C13H12N2O5. The van der Waals surface area contributed by atoms with Gasteiger partial charge in [-0.25, -0.2) is 4.79 Å². The third-order valence-corrected chi connectivity index (χ3v) is 3.53. The van der Waals surface area contributed by atoms with Gasteiger partial charge < -0.3 is 20.1 Å². The number of aromatic carboxylic acids is 1. The molecule has 2 heterocycles. The van der Waals surface area contributed by atoms with E-state index in [0.29, 0.717) is 11.4 Å². The van der Waals surface area contributed by atoms with Crippen molar-refractivity contribution in [2.45, 2.75) is 12.5 Å². The van der Waals surface area contributed by atoms with E-state index in [2.05, 4.69) is 5.32 Å². The quantitative estimate of drug-likeness (QED) is 0.770. The van der Waals surface area contributed by atoms with Gasteiger partial charge in [-0.3, -0.25) is 9.59 Å². The second-order valence-electron chi connectivity index (χ2n) is 4.94. The Kier molecular flexibility index (Phi) is 2.47. The first-order chi connectivity index (χ1) is 9.41. The summed E-state index contributed by atoms with van der Waals surface area (Å²) in [6, 6.07) is 4.27. The second-order valence-corrected chi connectivity index (χ2v) is 4.94. The lowest BCUT2D eigenvalue weighted by atomic mass is 9.90. The van der Waals surface area contributed by atoms with Crippen LogP contribution < -0.4 is 10.1 Å². The zero-order valence-corrected chi connectivity index (χ0v) is 10.7. The molecule has 1 saturated heterocycles. The van der Waals surface area contributed by atoms with Gasteiger partial charge in [-0.1, -0.05) is 0 Å². The average molecular weight is 276 g/mol. The van der Waals surface area contributed by atoms with Gasteiger partial charge in [0.1, 0.15) is 5.75 Å². The fourth-order valence-electron chi connectivity index (χ4n) is 2.34. The fourth-order valence-corrected chi connectivity index (χ4v) is 2.34. The van der Waals surface area contributed by atoms with Crippen molar-refractivity contribution in [2.24, 2.45) is 0 Å². The molecule has 2 N–H and O–H groups in total. The maximum atomic E-state index is 12.1. The van der Waals surface area contributed by atoms with Crippen LogP contribution in [0.3, 0.4) is 0 Å². The van der Waals surface area contributed by atoms with Gasteiger partial charge in [0.2, 0.25) is 11.5 Å². The summed E-state index contributed by atoms with van der Waals surface area (Å²) in [6.45, 7) is 1.84. The molecule has 0 aliphatic carbocycles. The van der Waals surface area contributed by atoms with Gasteiger partial charge in [0.05, 0.1) is 24.3 Å². The first kappa shape index (κ1) is 12.5. The molecule has 0 aromatic heterocycles. The van der Waals surface area contributed by atoms with E-state index in [1.54, 1.807) is 0 Å². The lowest BCUT2D eigenvalue weighted by Crippen LogP contribution is -2.72. The van der Waals surface area contributed by atoms with Crippen molar-refractivity contribution >= 4 is 23.5 Å². The van der Waals surface area contributed by atoms with E-state index in [0.717, 1.165) is 0 Å². The molecule has 0 atom stereocenters. The van der Waals surface area contributed by atoms with Gasteiger partial charge in [-0.15, -0.1) is 0 Å². The SMILES string of the molecule is CC(=O)N1CC2(C1)Oc1ccc(C(=O)O)cc1NC2=O. The summed E-state index contributed by atoms with van der Waals surface area (Å²) in [7, 11) is 0. The number of anilines is 1. The highest BCUT2D eigenvalue weighted by Crippen LogP contribution is 2.38. The minimum Gasteiger partial charge on any atom is -0.478 e. The van der Waals surface area contributed by atoms with Crippen molar-refractivity contribution in [3.05, 3.63) is 23.8 Å². The molecule has 104 valence electrons. The summed E-state index contributed by atoms with van der Waals surface area (Å²) >= 11 is 0. The molecule has 2 amide bonds. The smallest absolute Gasteiger partial charge is 0.335 e. The van der Waals surface area contributed by atoms with Crippen molar-refractivity contribution in [3.63, 3.8) is 0 Å². The van der Waals surface area contributed by atoms with Crippen LogP contribution in [0.25, 0.3) is 0 Å². The van der Waals surface area contributed by atoms with Crippen molar-refractivity contribution < 1.29 is 24.2 Å². The largest absolute Gasteiger partial charge is 0.478 e. The van der Waals surface area contributed by atoms with Gasteiger partial charge in [-0.05, 0) is 18.2 Å². The van der Waals surface area contributed by atoms with Crippen LogP contribution in [-0.4, -0.2) is 46.5 Å². The van der Waals surface area contributed by atoms with Gasteiger partial charge in [0.25, 0.3) is 5.91 Å². The number of nitrogens with zero attached hydrogens (tertiary/aromatic N) is 1. The predicted octanol–water partition coefficient (Wildman–Crippen LogP) is 0.317. The Hall–Kier alpha value is -2.57. The molecule has 0 bridgehead atoms. The van der Waals surface area contributed by atoms with Crippen LogP contribution in [0.5, 0.6) is 5.75 Å². The highest BCUT2D eigenvalue weighted by Gasteiger charge is 2.55. The molecule has 0 radical (unpaired) electrons. The van der Waals surface area contributed by atoms with Crippen LogP contribution in [0.2, 0.25) is 0 Å². The lowest BCUT2D eigenvalue weighted by molar-refractivity contribution is -0.159. The first-order valence-corrected chi connectivity index (χ1v) is 6.05. The standard InChI is InChI=1S/C13H12N2O5/c1-7(16)15-5-13(6-15)12(19)14-9-4-8(11(17)18)2-3-10(9)20-13/h2-4H,5-6H2,1H3,(H,14,19)(H,17,18). The zero-order chi connectivity index (χ0) is 14.5. The number of amides is 2. The van der Waals surface area contributed by atoms with Gasteiger partial charge in [-0.2, -0.15) is 0 Å². The molecule has 2 aliphatic heterocycles. The highest BCUT2D eigenvalue weighted by molar-refractivity contribution is 6.03. The summed E-state index contributed by atoms with van der Waals surface area (Å²) in [4.78, 5) is 35.7. The average Bonchev–Trinajstić information content (AvgIpc) is 2.34. The number of ether oxygens (including phenoxy) is 1. The molecule has 7 heteroatoms. The molecule has 1 aromatic rings. The van der Waals surface area contributed by atoms with E-state index < -0.39 is 11.6 Å². The number of likely N-dealkylation sites (tertiary alicyclic amines) is 1. The van der Waals surface area contributed by atoms with Crippen LogP contribution >= 0.6 is 0 Å². The maximum absolute atomic E-state index is 12.1. The van der Waals surface area contributed by atoms with Crippen LogP contribution in [0, 0.1) is 0 Å². The van der Waals surface area contributed by atoms with Crippen LogP contribution in [0.4, 0.5) is 5.69 Å². The van der Waals surface area contributed by atoms with E-state index in [1.807, 2.05) is 0 Å². The summed E-state index contributed by atoms with van der Waals surface area (Å²) in [5.74, 6) is -1.13. The normalized spacial score (nSPS) is 18.6. The maximum Gasteiger partial charge on any atom is 0.335 e. The Balaban J connectivity index is 1.87. The molecule has 3 rings (SSSR count). The number of nitrogens with one attached hydrogen (secondary N) is 1. The van der Waals surface area contributed by atoms with Crippen LogP contribution in [0.15, 0.2) is 18.2 Å². The van der Waals surface area contributed by atoms with Crippen molar-refractivity contribution in [1.82, 2.24) is 4.90 Å². The van der Waals surface area contributed by atoms with Gasteiger partial charge in [0.15, 0.2) is 0 Å². The Bertz CT molecular complexity index is 634. The number of benzene rings is 1. The Labute approximate surface area is 114 Å². The van der Waals surface area contributed by atoms with E-state index in [-0.39, 0.29) is 30.5 Å². The Morgan fingerprint density at radius 1 is 1.40 bits per heavy atom. The topological polar surface area (TPSA) is 95.9 Å². The van der Waals surface area contributed by atoms with E-state index >= 15 is 0 Å². The number of carbonyl (C=O) groups excluding carboxylic acids is 2. The highest BCUT2D eigenvalue weighted by atomic mass is 16.5. The molecule has 1 fully saturated rings. The molecule has 2 aliphatic rings. The number of carbonyl (C=O) groups is 3. The van der Waals surface area contributed by atoms with Crippen molar-refractivity contribution in [2.75, 3.05) is 18.4 Å². The second kappa shape index (κ2) is 3.96. The minimum atomic E-state index is -1.08. The summed E-state index contributed by atoms with van der Waals surface area (Å²) in [5, 5.41) is 11.6. The molecule has 1 aromatic carbocycles. The molecule has 7 nitrogen and oxygen atoms in total. The molecule has 20 heavy (non-hydrogen) atoms. The Morgan fingerprint density at radius 3 is 2.70 bits per heavy atom. The number of carboxylic acids is 1. The number of carboxylic acid groups (broad SMARTS) is 1. The lowest BCUT2D eigenvalue weighted by Gasteiger charge is -2.49. The van der Waals surface area contributed by atoms with Crippen LogP contribution in [0.1, 0.15) is 17.3 Å². The monoisotopic (exact) mass is 276 g/mol. The summed E-state index contributed by atoms with van der Waals surface area (Å²) in [6.07, 6.45) is 0. The summed E-state index contributed by atoms with van der Waals surface area (Å²) in [5.41, 5.74) is -0.645. The molecule has 0 unspecified atom stereocenters. The predicted molar refractivity (Wildman–Crippen MR) is 67.6 cm³/mol. The molecule has 0 saturated carbocycles. The van der Waals surface area contributed by atoms with E-state index in [1.165, 1.54) is 30.0 Å². The third kappa shape index (κ3) is 1.70. The van der Waals surface area contributed by atoms with E-state index in [9.17, 15) is 14.4 Å². The molecular weight excluding hydrogens is 264 g/mol. The number of rotatable bonds is 1. The summed E-state index contributed by atoms with van der Waals surface area (Å²) < 4.78 is 5.68. The number of fused-ring (bicyclic) bond motifs is 1. The molecule has 1 spiro atoms. The van der Waals surface area contributed by atoms with Gasteiger partial charge in [0, 0.05) is 6.92 Å². The fraction of sp³-hybridized carbons (Fsp3) is 0.308. The first-order valence-electron chi connectivity index (χ1n) is 6.05. The number of hydrogen-bond donors (Lipinski definition) is 2. The zero-order valence-electron chi connectivity index (χ0n) is 10.7. The van der Waals surface area contributed by atoms with E-state index in [4.69, 9.17) is 9.84 Å². The number of hydrogen-bond acceptors (Lipinski definition) is 4. The van der Waals surface area contributed by atoms with Gasteiger partial charge >= 0.3 is 5.97 Å². The van der Waals surface area contributed by atoms with Crippen molar-refractivity contribution in [3.8, 4) is 5.75 Å². The van der Waals surface area contributed by atoms with Crippen molar-refractivity contribution in [1.29, 1.82) is 0 Å². The third-order valence-electron chi connectivity index (χ3n) is 3.53. The van der Waals surface area contributed by atoms with Crippen LogP contribution in [-0.2, 0) is 9.59 Å².